The van der Waals surface area contributed by atoms with Gasteiger partial charge in [-0.1, -0.05) is 24.3 Å². The third kappa shape index (κ3) is 4.74. The molecule has 0 N–H and O–H groups in total. The lowest BCUT2D eigenvalue weighted by Gasteiger charge is -2.35. The molecule has 4 rings (SSSR count). The van der Waals surface area contributed by atoms with Gasteiger partial charge in [-0.15, -0.1) is 0 Å². The topological polar surface area (TPSA) is 62.3 Å². The van der Waals surface area contributed by atoms with E-state index in [-0.39, 0.29) is 11.8 Å². The number of amides is 2. The van der Waals surface area contributed by atoms with E-state index in [2.05, 4.69) is 4.90 Å². The van der Waals surface area contributed by atoms with Crippen molar-refractivity contribution in [1.29, 1.82) is 0 Å². The van der Waals surface area contributed by atoms with Crippen LogP contribution in [-0.2, 0) is 11.3 Å². The number of fused-ring (bicyclic) bond motifs is 1. The molecular formula is C23H27N3O4. The normalized spacial score (nSPS) is 16.2. The second-order valence-electron chi connectivity index (χ2n) is 7.66. The van der Waals surface area contributed by atoms with Crippen LogP contribution in [0.2, 0.25) is 0 Å². The van der Waals surface area contributed by atoms with Gasteiger partial charge < -0.3 is 19.3 Å². The van der Waals surface area contributed by atoms with Crippen LogP contribution in [0, 0.1) is 0 Å². The summed E-state index contributed by atoms with van der Waals surface area (Å²) in [5, 5.41) is 0. The monoisotopic (exact) mass is 409 g/mol. The highest BCUT2D eigenvalue weighted by molar-refractivity contribution is 5.94. The zero-order valence-corrected chi connectivity index (χ0v) is 17.3. The maximum absolute atomic E-state index is 12.7. The molecule has 0 atom stereocenters. The first-order valence-corrected chi connectivity index (χ1v) is 10.3. The number of likely N-dealkylation sites (N-methyl/N-ethyl adjacent to an activating group) is 1. The smallest absolute Gasteiger partial charge is 0.253 e. The Bertz CT molecular complexity index is 895. The predicted molar refractivity (Wildman–Crippen MR) is 113 cm³/mol. The molecule has 2 aliphatic rings. The highest BCUT2D eigenvalue weighted by atomic mass is 16.6. The maximum Gasteiger partial charge on any atom is 0.253 e. The molecule has 158 valence electrons. The number of carbonyl (C=O) groups excluding carboxylic acids is 2. The van der Waals surface area contributed by atoms with Gasteiger partial charge in [-0.05, 0) is 29.8 Å². The Kier molecular flexibility index (Phi) is 6.18. The van der Waals surface area contributed by atoms with Crippen LogP contribution in [0.25, 0.3) is 0 Å². The van der Waals surface area contributed by atoms with E-state index in [0.29, 0.717) is 58.0 Å². The lowest BCUT2D eigenvalue weighted by molar-refractivity contribution is -0.132. The molecule has 0 spiro atoms. The fourth-order valence-electron chi connectivity index (χ4n) is 3.73. The standard InChI is InChI=1S/C23H27N3O4/c1-24(16-18-7-8-20-21(15-18)30-14-13-29-20)22(27)17-25-9-11-26(12-10-25)23(28)19-5-3-2-4-6-19/h2-8,15H,9-14,16-17H2,1H3. The minimum Gasteiger partial charge on any atom is -0.486 e. The van der Waals surface area contributed by atoms with Crippen molar-refractivity contribution in [2.24, 2.45) is 0 Å². The van der Waals surface area contributed by atoms with Gasteiger partial charge >= 0.3 is 0 Å². The summed E-state index contributed by atoms with van der Waals surface area (Å²) in [7, 11) is 1.81. The SMILES string of the molecule is CN(Cc1ccc2c(c1)OCCO2)C(=O)CN1CCN(C(=O)c2ccccc2)CC1. The van der Waals surface area contributed by atoms with Gasteiger partial charge in [-0.2, -0.15) is 0 Å². The Balaban J connectivity index is 1.26. The molecular weight excluding hydrogens is 382 g/mol. The number of hydrogen-bond donors (Lipinski definition) is 0. The van der Waals surface area contributed by atoms with E-state index in [1.807, 2.05) is 60.5 Å². The fraction of sp³-hybridized carbons (Fsp3) is 0.391. The van der Waals surface area contributed by atoms with E-state index in [1.54, 1.807) is 4.90 Å². The van der Waals surface area contributed by atoms with Gasteiger partial charge in [-0.3, -0.25) is 14.5 Å². The Morgan fingerprint density at radius 1 is 0.933 bits per heavy atom. The number of nitrogens with zero attached hydrogens (tertiary/aromatic N) is 3. The van der Waals surface area contributed by atoms with Crippen LogP contribution < -0.4 is 9.47 Å². The summed E-state index contributed by atoms with van der Waals surface area (Å²) >= 11 is 0. The quantitative estimate of drug-likeness (QED) is 0.755. The summed E-state index contributed by atoms with van der Waals surface area (Å²) in [4.78, 5) is 30.9. The van der Waals surface area contributed by atoms with Gasteiger partial charge in [0.1, 0.15) is 13.2 Å². The lowest BCUT2D eigenvalue weighted by atomic mass is 10.1. The largest absolute Gasteiger partial charge is 0.486 e. The molecule has 1 saturated heterocycles. The Labute approximate surface area is 176 Å². The summed E-state index contributed by atoms with van der Waals surface area (Å²) in [6, 6.07) is 15.1. The number of hydrogen-bond acceptors (Lipinski definition) is 5. The predicted octanol–water partition coefficient (Wildman–Crippen LogP) is 1.87. The zero-order chi connectivity index (χ0) is 20.9. The van der Waals surface area contributed by atoms with E-state index < -0.39 is 0 Å². The molecule has 2 amide bonds. The van der Waals surface area contributed by atoms with E-state index in [1.165, 1.54) is 0 Å². The summed E-state index contributed by atoms with van der Waals surface area (Å²) < 4.78 is 11.2. The molecule has 0 aromatic heterocycles. The van der Waals surface area contributed by atoms with Crippen molar-refractivity contribution in [2.75, 3.05) is 53.0 Å². The van der Waals surface area contributed by atoms with Crippen molar-refractivity contribution < 1.29 is 19.1 Å². The van der Waals surface area contributed by atoms with E-state index in [0.717, 1.165) is 17.1 Å². The van der Waals surface area contributed by atoms with Crippen molar-refractivity contribution in [3.8, 4) is 11.5 Å². The first kappa shape index (κ1) is 20.2. The van der Waals surface area contributed by atoms with Crippen LogP contribution in [0.3, 0.4) is 0 Å². The van der Waals surface area contributed by atoms with Crippen molar-refractivity contribution in [3.63, 3.8) is 0 Å². The van der Waals surface area contributed by atoms with Crippen molar-refractivity contribution in [2.45, 2.75) is 6.54 Å². The van der Waals surface area contributed by atoms with Gasteiger partial charge in [0.2, 0.25) is 5.91 Å². The molecule has 7 nitrogen and oxygen atoms in total. The van der Waals surface area contributed by atoms with Gasteiger partial charge in [0.05, 0.1) is 6.54 Å². The van der Waals surface area contributed by atoms with E-state index in [4.69, 9.17) is 9.47 Å². The van der Waals surface area contributed by atoms with Gasteiger partial charge in [0, 0.05) is 45.3 Å². The van der Waals surface area contributed by atoms with E-state index in [9.17, 15) is 9.59 Å². The second kappa shape index (κ2) is 9.17. The summed E-state index contributed by atoms with van der Waals surface area (Å²) in [5.74, 6) is 1.60. The molecule has 0 unspecified atom stereocenters. The number of carbonyl (C=O) groups is 2. The van der Waals surface area contributed by atoms with Gasteiger partial charge in [0.25, 0.3) is 5.91 Å². The molecule has 2 aromatic carbocycles. The Morgan fingerprint density at radius 3 is 2.37 bits per heavy atom. The molecule has 1 fully saturated rings. The minimum absolute atomic E-state index is 0.0531. The third-order valence-electron chi connectivity index (χ3n) is 5.49. The number of rotatable bonds is 5. The maximum atomic E-state index is 12.7. The first-order valence-electron chi connectivity index (χ1n) is 10.3. The van der Waals surface area contributed by atoms with Crippen molar-refractivity contribution >= 4 is 11.8 Å². The summed E-state index contributed by atoms with van der Waals surface area (Å²) in [5.41, 5.74) is 1.72. The average molecular weight is 409 g/mol. The molecule has 30 heavy (non-hydrogen) atoms. The summed E-state index contributed by atoms with van der Waals surface area (Å²) in [6.07, 6.45) is 0. The summed E-state index contributed by atoms with van der Waals surface area (Å²) in [6.45, 7) is 4.64. The fourth-order valence-corrected chi connectivity index (χ4v) is 3.73. The molecule has 0 bridgehead atoms. The van der Waals surface area contributed by atoms with Crippen LogP contribution in [0.4, 0.5) is 0 Å². The lowest BCUT2D eigenvalue weighted by Crippen LogP contribution is -2.51. The molecule has 0 radical (unpaired) electrons. The third-order valence-corrected chi connectivity index (χ3v) is 5.49. The highest BCUT2D eigenvalue weighted by Gasteiger charge is 2.24. The molecule has 0 aliphatic carbocycles. The van der Waals surface area contributed by atoms with Crippen molar-refractivity contribution in [1.82, 2.24) is 14.7 Å². The molecule has 0 saturated carbocycles. The van der Waals surface area contributed by atoms with Crippen molar-refractivity contribution in [3.05, 3.63) is 59.7 Å². The van der Waals surface area contributed by atoms with Crippen LogP contribution in [0.1, 0.15) is 15.9 Å². The van der Waals surface area contributed by atoms with Crippen LogP contribution in [-0.4, -0.2) is 79.5 Å². The van der Waals surface area contributed by atoms with Gasteiger partial charge in [-0.25, -0.2) is 0 Å². The van der Waals surface area contributed by atoms with E-state index >= 15 is 0 Å². The van der Waals surface area contributed by atoms with Gasteiger partial charge in [0.15, 0.2) is 11.5 Å². The second-order valence-corrected chi connectivity index (χ2v) is 7.66. The molecule has 2 aromatic rings. The number of piperazine rings is 1. The Morgan fingerprint density at radius 2 is 1.63 bits per heavy atom. The highest BCUT2D eigenvalue weighted by Crippen LogP contribution is 2.31. The molecule has 2 aliphatic heterocycles. The van der Waals surface area contributed by atoms with Crippen LogP contribution >= 0.6 is 0 Å². The molecule has 2 heterocycles. The number of benzene rings is 2. The van der Waals surface area contributed by atoms with Crippen LogP contribution in [0.5, 0.6) is 11.5 Å². The first-order chi connectivity index (χ1) is 14.6. The Hall–Kier alpha value is -3.06. The zero-order valence-electron chi connectivity index (χ0n) is 17.3. The minimum atomic E-state index is 0.0531. The van der Waals surface area contributed by atoms with Crippen LogP contribution in [0.15, 0.2) is 48.5 Å². The average Bonchev–Trinajstić information content (AvgIpc) is 2.79. The molecule has 7 heteroatoms. The number of ether oxygens (including phenoxy) is 2.